The van der Waals surface area contributed by atoms with Gasteiger partial charge in [0, 0.05) is 31.5 Å². The van der Waals surface area contributed by atoms with E-state index >= 15 is 0 Å². The lowest BCUT2D eigenvalue weighted by molar-refractivity contribution is -0.142. The quantitative estimate of drug-likeness (QED) is 0.604. The average molecular weight is 367 g/mol. The Bertz CT molecular complexity index is 649. The van der Waals surface area contributed by atoms with Crippen molar-refractivity contribution < 1.29 is 31.5 Å². The molecule has 0 aliphatic carbocycles. The standard InChI is InChI=1S/C15H18F5N3O2/c1-3-25-13(24)10-9(2)11(15(18,19)20)21-22-12(10)23-7-4-5-14(16,17)6-8-23/h3-8H2,1-2H3. The van der Waals surface area contributed by atoms with Gasteiger partial charge in [0.1, 0.15) is 5.56 Å². The molecule has 1 saturated heterocycles. The van der Waals surface area contributed by atoms with E-state index in [0.717, 1.165) is 6.92 Å². The number of carbonyl (C=O) groups excluding carboxylic acids is 1. The Balaban J connectivity index is 2.50. The number of carbonyl (C=O) groups is 1. The van der Waals surface area contributed by atoms with Crippen molar-refractivity contribution in [3.63, 3.8) is 0 Å². The van der Waals surface area contributed by atoms with Crippen LogP contribution in [0.4, 0.5) is 27.8 Å². The summed E-state index contributed by atoms with van der Waals surface area (Å²) < 4.78 is 71.0. The predicted octanol–water partition coefficient (Wildman–Crippen LogP) is 3.61. The molecular formula is C15H18F5N3O2. The third kappa shape index (κ3) is 4.35. The fourth-order valence-electron chi connectivity index (χ4n) is 2.72. The molecule has 0 spiro atoms. The Labute approximate surface area is 141 Å². The third-order valence-corrected chi connectivity index (χ3v) is 3.96. The van der Waals surface area contributed by atoms with E-state index in [2.05, 4.69) is 10.2 Å². The average Bonchev–Trinajstić information content (AvgIpc) is 2.66. The second kappa shape index (κ2) is 7.09. The van der Waals surface area contributed by atoms with Gasteiger partial charge >= 0.3 is 12.1 Å². The fraction of sp³-hybridized carbons (Fsp3) is 0.667. The molecule has 140 valence electrons. The molecule has 0 saturated carbocycles. The normalized spacial score (nSPS) is 18.0. The summed E-state index contributed by atoms with van der Waals surface area (Å²) in [4.78, 5) is 13.6. The van der Waals surface area contributed by atoms with Gasteiger partial charge in [0.05, 0.1) is 6.61 Å². The molecule has 0 unspecified atom stereocenters. The topological polar surface area (TPSA) is 55.3 Å². The number of hydrogen-bond donors (Lipinski definition) is 0. The summed E-state index contributed by atoms with van der Waals surface area (Å²) in [5, 5.41) is 6.72. The van der Waals surface area contributed by atoms with Crippen LogP contribution < -0.4 is 4.90 Å². The fourth-order valence-corrected chi connectivity index (χ4v) is 2.72. The van der Waals surface area contributed by atoms with Gasteiger partial charge in [-0.15, -0.1) is 10.2 Å². The molecule has 25 heavy (non-hydrogen) atoms. The Morgan fingerprint density at radius 1 is 1.24 bits per heavy atom. The number of ether oxygens (including phenoxy) is 1. The van der Waals surface area contributed by atoms with Gasteiger partial charge in [-0.25, -0.2) is 13.6 Å². The maximum absolute atomic E-state index is 13.5. The van der Waals surface area contributed by atoms with Crippen molar-refractivity contribution in [1.82, 2.24) is 10.2 Å². The number of nitrogens with zero attached hydrogens (tertiary/aromatic N) is 3. The van der Waals surface area contributed by atoms with Crippen LogP contribution in [0.25, 0.3) is 0 Å². The van der Waals surface area contributed by atoms with Crippen LogP contribution in [0.2, 0.25) is 0 Å². The van der Waals surface area contributed by atoms with Gasteiger partial charge < -0.3 is 9.64 Å². The lowest BCUT2D eigenvalue weighted by Crippen LogP contribution is -2.30. The number of aromatic nitrogens is 2. The second-order valence-electron chi connectivity index (χ2n) is 5.79. The highest BCUT2D eigenvalue weighted by Gasteiger charge is 2.39. The maximum atomic E-state index is 13.5. The van der Waals surface area contributed by atoms with Gasteiger partial charge in [0.25, 0.3) is 0 Å². The summed E-state index contributed by atoms with van der Waals surface area (Å²) in [6, 6.07) is 0. The van der Waals surface area contributed by atoms with Gasteiger partial charge in [0.15, 0.2) is 11.5 Å². The van der Waals surface area contributed by atoms with Crippen molar-refractivity contribution in [2.24, 2.45) is 0 Å². The first kappa shape index (κ1) is 19.3. The predicted molar refractivity (Wildman–Crippen MR) is 78.7 cm³/mol. The van der Waals surface area contributed by atoms with Crippen molar-refractivity contribution in [3.8, 4) is 0 Å². The molecule has 1 aromatic rings. The van der Waals surface area contributed by atoms with E-state index < -0.39 is 35.7 Å². The Morgan fingerprint density at radius 3 is 2.52 bits per heavy atom. The molecule has 5 nitrogen and oxygen atoms in total. The zero-order valence-electron chi connectivity index (χ0n) is 13.8. The molecule has 1 aromatic heterocycles. The van der Waals surface area contributed by atoms with Crippen molar-refractivity contribution in [1.29, 1.82) is 0 Å². The van der Waals surface area contributed by atoms with Gasteiger partial charge in [-0.05, 0) is 20.3 Å². The number of esters is 1. The molecule has 0 amide bonds. The highest BCUT2D eigenvalue weighted by atomic mass is 19.4. The van der Waals surface area contributed by atoms with Gasteiger partial charge in [0.2, 0.25) is 5.92 Å². The van der Waals surface area contributed by atoms with Crippen molar-refractivity contribution >= 4 is 11.8 Å². The number of hydrogen-bond acceptors (Lipinski definition) is 5. The zero-order valence-corrected chi connectivity index (χ0v) is 13.8. The number of alkyl halides is 5. The summed E-state index contributed by atoms with van der Waals surface area (Å²) in [5.41, 5.74) is -2.10. The smallest absolute Gasteiger partial charge is 0.435 e. The Kier molecular flexibility index (Phi) is 5.48. The summed E-state index contributed by atoms with van der Waals surface area (Å²) in [5.74, 6) is -3.99. The van der Waals surface area contributed by atoms with E-state index in [1.165, 1.54) is 11.8 Å². The van der Waals surface area contributed by atoms with Crippen LogP contribution in [0, 0.1) is 6.92 Å². The number of rotatable bonds is 3. The first-order valence-electron chi connectivity index (χ1n) is 7.81. The SMILES string of the molecule is CCOC(=O)c1c(N2CCCC(F)(F)CC2)nnc(C(F)(F)F)c1C. The van der Waals surface area contributed by atoms with E-state index in [4.69, 9.17) is 4.74 Å². The minimum Gasteiger partial charge on any atom is -0.462 e. The lowest BCUT2D eigenvalue weighted by atomic mass is 10.1. The van der Waals surface area contributed by atoms with Crippen molar-refractivity contribution in [3.05, 3.63) is 16.8 Å². The summed E-state index contributed by atoms with van der Waals surface area (Å²) in [6.45, 7) is 2.57. The van der Waals surface area contributed by atoms with Crippen LogP contribution >= 0.6 is 0 Å². The number of anilines is 1. The van der Waals surface area contributed by atoms with Crippen molar-refractivity contribution in [2.75, 3.05) is 24.6 Å². The highest BCUT2D eigenvalue weighted by molar-refractivity contribution is 5.96. The minimum atomic E-state index is -4.79. The van der Waals surface area contributed by atoms with Crippen LogP contribution in [0.3, 0.4) is 0 Å². The van der Waals surface area contributed by atoms with Gasteiger partial charge in [-0.1, -0.05) is 0 Å². The van der Waals surface area contributed by atoms with E-state index in [1.807, 2.05) is 0 Å². The van der Waals surface area contributed by atoms with E-state index in [9.17, 15) is 26.7 Å². The van der Waals surface area contributed by atoms with Gasteiger partial charge in [-0.3, -0.25) is 0 Å². The van der Waals surface area contributed by atoms with Crippen LogP contribution in [-0.4, -0.2) is 41.8 Å². The molecule has 0 atom stereocenters. The molecule has 2 heterocycles. The van der Waals surface area contributed by atoms with Crippen LogP contribution in [-0.2, 0) is 10.9 Å². The van der Waals surface area contributed by atoms with Gasteiger partial charge in [-0.2, -0.15) is 13.2 Å². The molecule has 1 aliphatic rings. The first-order valence-corrected chi connectivity index (χ1v) is 7.81. The Morgan fingerprint density at radius 2 is 1.92 bits per heavy atom. The zero-order chi connectivity index (χ0) is 18.8. The number of halogens is 5. The highest BCUT2D eigenvalue weighted by Crippen LogP contribution is 2.35. The van der Waals surface area contributed by atoms with Crippen molar-refractivity contribution in [2.45, 2.75) is 45.2 Å². The monoisotopic (exact) mass is 367 g/mol. The molecule has 1 fully saturated rings. The molecular weight excluding hydrogens is 349 g/mol. The van der Waals surface area contributed by atoms with E-state index in [1.54, 1.807) is 0 Å². The molecule has 2 rings (SSSR count). The summed E-state index contributed by atoms with van der Waals surface area (Å²) in [6.07, 6.45) is -5.47. The largest absolute Gasteiger partial charge is 0.462 e. The summed E-state index contributed by atoms with van der Waals surface area (Å²) >= 11 is 0. The molecule has 0 N–H and O–H groups in total. The third-order valence-electron chi connectivity index (χ3n) is 3.96. The second-order valence-corrected chi connectivity index (χ2v) is 5.79. The summed E-state index contributed by atoms with van der Waals surface area (Å²) in [7, 11) is 0. The first-order chi connectivity index (χ1) is 11.6. The molecule has 10 heteroatoms. The molecule has 0 bridgehead atoms. The minimum absolute atomic E-state index is 0.0422. The van der Waals surface area contributed by atoms with Crippen LogP contribution in [0.1, 0.15) is 47.8 Å². The van der Waals surface area contributed by atoms with Crippen LogP contribution in [0.15, 0.2) is 0 Å². The van der Waals surface area contributed by atoms with E-state index in [0.29, 0.717) is 0 Å². The molecule has 0 radical (unpaired) electrons. The van der Waals surface area contributed by atoms with E-state index in [-0.39, 0.29) is 43.9 Å². The maximum Gasteiger partial charge on any atom is 0.435 e. The lowest BCUT2D eigenvalue weighted by Gasteiger charge is -2.24. The molecule has 1 aliphatic heterocycles. The van der Waals surface area contributed by atoms with Crippen LogP contribution in [0.5, 0.6) is 0 Å². The Hall–Kier alpha value is -2.00. The molecule has 0 aromatic carbocycles.